The van der Waals surface area contributed by atoms with E-state index in [0.29, 0.717) is 13.0 Å². The molecule has 1 aliphatic carbocycles. The van der Waals surface area contributed by atoms with E-state index in [4.69, 9.17) is 0 Å². The Kier molecular flexibility index (Phi) is 5.31. The molecule has 0 aromatic carbocycles. The lowest BCUT2D eigenvalue weighted by Gasteiger charge is -2.16. The van der Waals surface area contributed by atoms with Gasteiger partial charge in [0.05, 0.1) is 0 Å². The van der Waals surface area contributed by atoms with Crippen molar-refractivity contribution in [2.75, 3.05) is 12.3 Å². The lowest BCUT2D eigenvalue weighted by atomic mass is 10.0. The van der Waals surface area contributed by atoms with Gasteiger partial charge in [-0.3, -0.25) is 9.59 Å². The van der Waals surface area contributed by atoms with Gasteiger partial charge in [0.15, 0.2) is 0 Å². The van der Waals surface area contributed by atoms with Crippen LogP contribution in [0.4, 0.5) is 0 Å². The van der Waals surface area contributed by atoms with Gasteiger partial charge in [0.25, 0.3) is 0 Å². The number of hydrogen-bond donors (Lipinski definition) is 3. The molecule has 1 atom stereocenters. The molecule has 2 amide bonds. The zero-order chi connectivity index (χ0) is 12.9. The first-order chi connectivity index (χ1) is 8.03. The molecule has 5 heteroatoms. The average Bonchev–Trinajstić information content (AvgIpc) is 3.05. The van der Waals surface area contributed by atoms with Gasteiger partial charge in [-0.1, -0.05) is 6.92 Å². The van der Waals surface area contributed by atoms with Gasteiger partial charge in [0.1, 0.15) is 6.04 Å². The average molecular weight is 258 g/mol. The van der Waals surface area contributed by atoms with Crippen molar-refractivity contribution in [3.8, 4) is 0 Å². The summed E-state index contributed by atoms with van der Waals surface area (Å²) >= 11 is 4.26. The predicted molar refractivity (Wildman–Crippen MR) is 71.0 cm³/mol. The van der Waals surface area contributed by atoms with Crippen molar-refractivity contribution in [3.63, 3.8) is 0 Å². The molecule has 2 N–H and O–H groups in total. The molecule has 0 bridgehead atoms. The van der Waals surface area contributed by atoms with Crippen molar-refractivity contribution in [1.29, 1.82) is 0 Å². The van der Waals surface area contributed by atoms with Gasteiger partial charge < -0.3 is 10.6 Å². The van der Waals surface area contributed by atoms with Crippen molar-refractivity contribution >= 4 is 24.4 Å². The summed E-state index contributed by atoms with van der Waals surface area (Å²) in [6.07, 6.45) is 3.53. The Balaban J connectivity index is 2.28. The van der Waals surface area contributed by atoms with E-state index in [0.717, 1.165) is 25.0 Å². The van der Waals surface area contributed by atoms with E-state index < -0.39 is 6.04 Å². The second kappa shape index (κ2) is 6.28. The number of amides is 2. The summed E-state index contributed by atoms with van der Waals surface area (Å²) in [4.78, 5) is 23.3. The summed E-state index contributed by atoms with van der Waals surface area (Å²) in [6, 6.07) is -0.454. The molecule has 0 spiro atoms. The Bertz CT molecular complexity index is 290. The Hall–Kier alpha value is -0.710. The van der Waals surface area contributed by atoms with Gasteiger partial charge in [-0.05, 0) is 37.4 Å². The molecule has 1 unspecified atom stereocenters. The molecule has 0 saturated heterocycles. The first-order valence-corrected chi connectivity index (χ1v) is 6.84. The summed E-state index contributed by atoms with van der Waals surface area (Å²) in [5.74, 6) is 0.586. The highest BCUT2D eigenvalue weighted by Gasteiger charge is 2.43. The third-order valence-electron chi connectivity index (χ3n) is 3.15. The topological polar surface area (TPSA) is 58.2 Å². The first kappa shape index (κ1) is 14.4. The van der Waals surface area contributed by atoms with Crippen molar-refractivity contribution in [2.24, 2.45) is 5.41 Å². The highest BCUT2D eigenvalue weighted by Crippen LogP contribution is 2.49. The molecule has 0 radical (unpaired) electrons. The fourth-order valence-corrected chi connectivity index (χ4v) is 2.10. The van der Waals surface area contributed by atoms with Crippen molar-refractivity contribution in [2.45, 2.75) is 45.6 Å². The van der Waals surface area contributed by atoms with Crippen LogP contribution in [0.25, 0.3) is 0 Å². The minimum absolute atomic E-state index is 0.0456. The second-order valence-corrected chi connectivity index (χ2v) is 5.23. The van der Waals surface area contributed by atoms with Crippen LogP contribution in [0.2, 0.25) is 0 Å². The number of hydrogen-bond acceptors (Lipinski definition) is 3. The zero-order valence-electron chi connectivity index (χ0n) is 10.6. The standard InChI is InChI=1S/C12H22N2O2S/c1-3-6-13-11(16)9(2)14-10(15)7-12(8-17)4-5-12/h9,17H,3-8H2,1-2H3,(H,13,16)(H,14,15). The van der Waals surface area contributed by atoms with Gasteiger partial charge in [0, 0.05) is 13.0 Å². The number of rotatable bonds is 7. The van der Waals surface area contributed by atoms with Gasteiger partial charge in [0.2, 0.25) is 11.8 Å². The highest BCUT2D eigenvalue weighted by atomic mass is 32.1. The van der Waals surface area contributed by atoms with Gasteiger partial charge in [-0.2, -0.15) is 12.6 Å². The number of carbonyl (C=O) groups is 2. The van der Waals surface area contributed by atoms with Crippen LogP contribution >= 0.6 is 12.6 Å². The number of thiol groups is 1. The third kappa shape index (κ3) is 4.58. The zero-order valence-corrected chi connectivity index (χ0v) is 11.5. The van der Waals surface area contributed by atoms with Gasteiger partial charge in [-0.25, -0.2) is 0 Å². The number of carbonyl (C=O) groups excluding carboxylic acids is 2. The van der Waals surface area contributed by atoms with Crippen LogP contribution in [-0.4, -0.2) is 30.2 Å². The van der Waals surface area contributed by atoms with Crippen LogP contribution in [0, 0.1) is 5.41 Å². The Morgan fingerprint density at radius 1 is 1.41 bits per heavy atom. The molecular formula is C12H22N2O2S. The maximum Gasteiger partial charge on any atom is 0.242 e. The minimum Gasteiger partial charge on any atom is -0.354 e. The summed E-state index contributed by atoms with van der Waals surface area (Å²) in [5.41, 5.74) is 0.104. The lowest BCUT2D eigenvalue weighted by molar-refractivity contribution is -0.129. The lowest BCUT2D eigenvalue weighted by Crippen LogP contribution is -2.45. The number of nitrogens with one attached hydrogen (secondary N) is 2. The van der Waals surface area contributed by atoms with Crippen molar-refractivity contribution in [3.05, 3.63) is 0 Å². The highest BCUT2D eigenvalue weighted by molar-refractivity contribution is 7.80. The molecule has 0 aromatic heterocycles. The smallest absolute Gasteiger partial charge is 0.242 e. The van der Waals surface area contributed by atoms with Gasteiger partial charge in [-0.15, -0.1) is 0 Å². The molecule has 98 valence electrons. The predicted octanol–water partition coefficient (Wildman–Crippen LogP) is 1.12. The summed E-state index contributed by atoms with van der Waals surface area (Å²) in [5, 5.41) is 5.50. The first-order valence-electron chi connectivity index (χ1n) is 6.21. The van der Waals surface area contributed by atoms with E-state index in [1.54, 1.807) is 6.92 Å². The van der Waals surface area contributed by atoms with E-state index in [2.05, 4.69) is 23.3 Å². The fourth-order valence-electron chi connectivity index (χ4n) is 1.67. The van der Waals surface area contributed by atoms with Crippen LogP contribution in [-0.2, 0) is 9.59 Å². The normalized spacial score (nSPS) is 18.3. The third-order valence-corrected chi connectivity index (χ3v) is 3.82. The maximum absolute atomic E-state index is 11.7. The molecule has 0 aliphatic heterocycles. The quantitative estimate of drug-likeness (QED) is 0.599. The summed E-state index contributed by atoms with van der Waals surface area (Å²) in [7, 11) is 0. The summed E-state index contributed by atoms with van der Waals surface area (Å²) < 4.78 is 0. The van der Waals surface area contributed by atoms with Crippen LogP contribution < -0.4 is 10.6 Å². The Labute approximate surface area is 108 Å². The maximum atomic E-state index is 11.7. The van der Waals surface area contributed by atoms with Gasteiger partial charge >= 0.3 is 0 Å². The molecule has 1 rings (SSSR count). The monoisotopic (exact) mass is 258 g/mol. The summed E-state index contributed by atoms with van der Waals surface area (Å²) in [6.45, 7) is 4.36. The minimum atomic E-state index is -0.454. The molecule has 1 aliphatic rings. The molecule has 0 aromatic rings. The SMILES string of the molecule is CCCNC(=O)C(C)NC(=O)CC1(CS)CC1. The molecular weight excluding hydrogens is 236 g/mol. The Morgan fingerprint density at radius 3 is 2.53 bits per heavy atom. The largest absolute Gasteiger partial charge is 0.354 e. The molecule has 17 heavy (non-hydrogen) atoms. The molecule has 1 saturated carbocycles. The van der Waals surface area contributed by atoms with E-state index in [1.165, 1.54) is 0 Å². The second-order valence-electron chi connectivity index (χ2n) is 4.92. The fraction of sp³-hybridized carbons (Fsp3) is 0.833. The van der Waals surface area contributed by atoms with Crippen LogP contribution in [0.15, 0.2) is 0 Å². The van der Waals surface area contributed by atoms with Crippen molar-refractivity contribution in [1.82, 2.24) is 10.6 Å². The van der Waals surface area contributed by atoms with E-state index in [-0.39, 0.29) is 17.2 Å². The molecule has 4 nitrogen and oxygen atoms in total. The van der Waals surface area contributed by atoms with Crippen LogP contribution in [0.1, 0.15) is 39.5 Å². The van der Waals surface area contributed by atoms with E-state index in [1.807, 2.05) is 6.92 Å². The molecule has 0 heterocycles. The van der Waals surface area contributed by atoms with E-state index in [9.17, 15) is 9.59 Å². The van der Waals surface area contributed by atoms with E-state index >= 15 is 0 Å². The Morgan fingerprint density at radius 2 is 2.06 bits per heavy atom. The molecule has 1 fully saturated rings. The van der Waals surface area contributed by atoms with Crippen LogP contribution in [0.5, 0.6) is 0 Å². The van der Waals surface area contributed by atoms with Crippen molar-refractivity contribution < 1.29 is 9.59 Å². The van der Waals surface area contributed by atoms with Crippen LogP contribution in [0.3, 0.4) is 0 Å².